The summed E-state index contributed by atoms with van der Waals surface area (Å²) >= 11 is 0. The number of hydrogen-bond acceptors (Lipinski definition) is 7. The molecule has 166 valence electrons. The van der Waals surface area contributed by atoms with Gasteiger partial charge in [0.2, 0.25) is 0 Å². The zero-order chi connectivity index (χ0) is 21.8. The number of hydrogen-bond donors (Lipinski definition) is 2. The standard InChI is InChI=1S/C21H26N4O6/c26-16-2-1-9-25(12-16)20(27)15-5-3-14(4-6-15)19-22-18(23-31-19)13-30-17-7-10-24(11-8-17)21(28)29/h3-6,16-17,26H,1-2,7-13H2,(H,28,29). The van der Waals surface area contributed by atoms with Crippen LogP contribution >= 0.6 is 0 Å². The molecule has 10 nitrogen and oxygen atoms in total. The van der Waals surface area contributed by atoms with Crippen molar-refractivity contribution in [2.45, 2.75) is 44.5 Å². The van der Waals surface area contributed by atoms with Gasteiger partial charge in [-0.05, 0) is 49.9 Å². The summed E-state index contributed by atoms with van der Waals surface area (Å²) in [6, 6.07) is 6.95. The van der Waals surface area contributed by atoms with Crippen LogP contribution in [-0.4, -0.2) is 80.5 Å². The van der Waals surface area contributed by atoms with Gasteiger partial charge >= 0.3 is 6.09 Å². The molecule has 0 bridgehead atoms. The van der Waals surface area contributed by atoms with Crippen molar-refractivity contribution in [2.75, 3.05) is 26.2 Å². The number of ether oxygens (including phenoxy) is 1. The Balaban J connectivity index is 1.31. The molecule has 2 aliphatic rings. The Morgan fingerprint density at radius 3 is 2.52 bits per heavy atom. The summed E-state index contributed by atoms with van der Waals surface area (Å²) in [5.41, 5.74) is 1.25. The van der Waals surface area contributed by atoms with E-state index in [1.165, 1.54) is 4.90 Å². The summed E-state index contributed by atoms with van der Waals surface area (Å²) < 4.78 is 11.1. The van der Waals surface area contributed by atoms with Crippen LogP contribution in [0.5, 0.6) is 0 Å². The van der Waals surface area contributed by atoms with E-state index in [4.69, 9.17) is 14.4 Å². The molecule has 10 heteroatoms. The predicted molar refractivity (Wildman–Crippen MR) is 108 cm³/mol. The zero-order valence-corrected chi connectivity index (χ0v) is 17.1. The highest BCUT2D eigenvalue weighted by Crippen LogP contribution is 2.21. The Morgan fingerprint density at radius 2 is 1.84 bits per heavy atom. The number of carboxylic acid groups (broad SMARTS) is 1. The van der Waals surface area contributed by atoms with Crippen molar-refractivity contribution in [3.63, 3.8) is 0 Å². The van der Waals surface area contributed by atoms with Gasteiger partial charge < -0.3 is 29.3 Å². The molecule has 2 aliphatic heterocycles. The maximum atomic E-state index is 12.6. The molecular weight excluding hydrogens is 404 g/mol. The number of likely N-dealkylation sites (tertiary alicyclic amines) is 2. The lowest BCUT2D eigenvalue weighted by atomic mass is 10.1. The van der Waals surface area contributed by atoms with Crippen molar-refractivity contribution in [3.05, 3.63) is 35.7 Å². The lowest BCUT2D eigenvalue weighted by molar-refractivity contribution is -0.00295. The number of β-amino-alcohol motifs (C(OH)–C–C–N with tert-alkyl or cyclic N) is 1. The van der Waals surface area contributed by atoms with Gasteiger partial charge in [-0.25, -0.2) is 4.79 Å². The topological polar surface area (TPSA) is 129 Å². The molecule has 1 unspecified atom stereocenters. The number of aliphatic hydroxyl groups excluding tert-OH is 1. The quantitative estimate of drug-likeness (QED) is 0.737. The van der Waals surface area contributed by atoms with Crippen LogP contribution in [0.2, 0.25) is 0 Å². The molecule has 0 saturated carbocycles. The molecule has 0 radical (unpaired) electrons. The van der Waals surface area contributed by atoms with Crippen LogP contribution in [0.4, 0.5) is 4.79 Å². The first-order valence-corrected chi connectivity index (χ1v) is 10.5. The van der Waals surface area contributed by atoms with Crippen molar-refractivity contribution in [1.82, 2.24) is 19.9 Å². The van der Waals surface area contributed by atoms with E-state index in [2.05, 4.69) is 10.1 Å². The summed E-state index contributed by atoms with van der Waals surface area (Å²) in [7, 11) is 0. The van der Waals surface area contributed by atoms with Crippen LogP contribution in [0.15, 0.2) is 28.8 Å². The minimum atomic E-state index is -0.900. The highest BCUT2D eigenvalue weighted by atomic mass is 16.5. The van der Waals surface area contributed by atoms with E-state index in [9.17, 15) is 14.7 Å². The smallest absolute Gasteiger partial charge is 0.407 e. The molecule has 2 fully saturated rings. The number of aliphatic hydroxyl groups is 1. The van der Waals surface area contributed by atoms with Crippen LogP contribution in [-0.2, 0) is 11.3 Å². The van der Waals surface area contributed by atoms with Gasteiger partial charge in [-0.2, -0.15) is 4.98 Å². The van der Waals surface area contributed by atoms with Crippen molar-refractivity contribution < 1.29 is 29.1 Å². The monoisotopic (exact) mass is 430 g/mol. The Morgan fingerprint density at radius 1 is 1.10 bits per heavy atom. The Hall–Kier alpha value is -2.98. The third-order valence-corrected chi connectivity index (χ3v) is 5.69. The molecular formula is C21H26N4O6. The molecule has 3 heterocycles. The Bertz CT molecular complexity index is 907. The van der Waals surface area contributed by atoms with E-state index in [-0.39, 0.29) is 18.6 Å². The third kappa shape index (κ3) is 5.20. The van der Waals surface area contributed by atoms with Crippen molar-refractivity contribution in [2.24, 2.45) is 0 Å². The number of nitrogens with zero attached hydrogens (tertiary/aromatic N) is 4. The summed E-state index contributed by atoms with van der Waals surface area (Å²) in [6.45, 7) is 2.12. The van der Waals surface area contributed by atoms with Gasteiger partial charge in [-0.15, -0.1) is 0 Å². The predicted octanol–water partition coefficient (Wildman–Crippen LogP) is 1.99. The number of aromatic nitrogens is 2. The van der Waals surface area contributed by atoms with E-state index >= 15 is 0 Å². The number of carbonyl (C=O) groups excluding carboxylic acids is 1. The Kier molecular flexibility index (Phi) is 6.47. The van der Waals surface area contributed by atoms with Gasteiger partial charge in [0.15, 0.2) is 5.82 Å². The molecule has 0 aliphatic carbocycles. The van der Waals surface area contributed by atoms with Gasteiger partial charge in [0.1, 0.15) is 6.61 Å². The first-order valence-electron chi connectivity index (χ1n) is 10.5. The number of rotatable bonds is 5. The fourth-order valence-corrected chi connectivity index (χ4v) is 3.91. The highest BCUT2D eigenvalue weighted by Gasteiger charge is 2.24. The fraction of sp³-hybridized carbons (Fsp3) is 0.524. The number of carbonyl (C=O) groups is 2. The number of benzene rings is 1. The fourth-order valence-electron chi connectivity index (χ4n) is 3.91. The molecule has 2 amide bonds. The van der Waals surface area contributed by atoms with Crippen molar-refractivity contribution >= 4 is 12.0 Å². The molecule has 31 heavy (non-hydrogen) atoms. The average Bonchev–Trinajstić information content (AvgIpc) is 3.27. The molecule has 1 atom stereocenters. The summed E-state index contributed by atoms with van der Waals surface area (Å²) in [5, 5.41) is 22.7. The van der Waals surface area contributed by atoms with E-state index in [1.807, 2.05) is 0 Å². The summed E-state index contributed by atoms with van der Waals surface area (Å²) in [6.07, 6.45) is 1.42. The van der Waals surface area contributed by atoms with Crippen molar-refractivity contribution in [3.8, 4) is 11.5 Å². The third-order valence-electron chi connectivity index (χ3n) is 5.69. The Labute approximate surface area is 179 Å². The number of amides is 2. The maximum absolute atomic E-state index is 12.6. The van der Waals surface area contributed by atoms with Crippen LogP contribution in [0.3, 0.4) is 0 Å². The van der Waals surface area contributed by atoms with Crippen LogP contribution < -0.4 is 0 Å². The van der Waals surface area contributed by atoms with E-state index < -0.39 is 12.2 Å². The molecule has 2 N–H and O–H groups in total. The maximum Gasteiger partial charge on any atom is 0.407 e. The molecule has 0 spiro atoms. The van der Waals surface area contributed by atoms with Crippen LogP contribution in [0.25, 0.3) is 11.5 Å². The second kappa shape index (κ2) is 9.44. The van der Waals surface area contributed by atoms with E-state index in [0.29, 0.717) is 61.9 Å². The second-order valence-corrected chi connectivity index (χ2v) is 7.92. The van der Waals surface area contributed by atoms with Gasteiger partial charge in [0.25, 0.3) is 11.8 Å². The van der Waals surface area contributed by atoms with Gasteiger partial charge in [0.05, 0.1) is 12.2 Å². The SMILES string of the molecule is O=C(O)N1CCC(OCc2noc(-c3ccc(C(=O)N4CCCC(O)C4)cc3)n2)CC1. The largest absolute Gasteiger partial charge is 0.465 e. The van der Waals surface area contributed by atoms with Crippen LogP contribution in [0.1, 0.15) is 41.9 Å². The minimum Gasteiger partial charge on any atom is -0.465 e. The minimum absolute atomic E-state index is 0.0313. The molecule has 1 aromatic carbocycles. The van der Waals surface area contributed by atoms with Gasteiger partial charge in [-0.3, -0.25) is 4.79 Å². The van der Waals surface area contributed by atoms with Crippen molar-refractivity contribution in [1.29, 1.82) is 0 Å². The normalized spacial score (nSPS) is 20.1. The summed E-state index contributed by atoms with van der Waals surface area (Å²) in [5.74, 6) is 0.656. The zero-order valence-electron chi connectivity index (χ0n) is 17.1. The second-order valence-electron chi connectivity index (χ2n) is 7.92. The first-order chi connectivity index (χ1) is 15.0. The lowest BCUT2D eigenvalue weighted by Gasteiger charge is -2.30. The molecule has 2 saturated heterocycles. The molecule has 4 rings (SSSR count). The van der Waals surface area contributed by atoms with E-state index in [1.54, 1.807) is 29.2 Å². The molecule has 2 aromatic rings. The van der Waals surface area contributed by atoms with Gasteiger partial charge in [-0.1, -0.05) is 5.16 Å². The lowest BCUT2D eigenvalue weighted by Crippen LogP contribution is -2.42. The van der Waals surface area contributed by atoms with Gasteiger partial charge in [0, 0.05) is 37.3 Å². The first kappa shape index (κ1) is 21.3. The highest BCUT2D eigenvalue weighted by molar-refractivity contribution is 5.94. The van der Waals surface area contributed by atoms with E-state index in [0.717, 1.165) is 12.8 Å². The summed E-state index contributed by atoms with van der Waals surface area (Å²) in [4.78, 5) is 31.0. The average molecular weight is 430 g/mol. The van der Waals surface area contributed by atoms with Crippen LogP contribution in [0, 0.1) is 0 Å². The molecule has 1 aromatic heterocycles. The number of piperidine rings is 2.